The average molecular weight is 439 g/mol. The number of halogens is 1. The lowest BCUT2D eigenvalue weighted by Crippen LogP contribution is -2.40. The summed E-state index contributed by atoms with van der Waals surface area (Å²) < 4.78 is 6.40. The minimum atomic E-state index is -0.487. The summed E-state index contributed by atoms with van der Waals surface area (Å²) in [6.07, 6.45) is 0. The molecule has 1 aromatic carbocycles. The van der Waals surface area contributed by atoms with Crippen LogP contribution in [0.25, 0.3) is 0 Å². The quantitative estimate of drug-likeness (QED) is 0.618. The fraction of sp³-hybridized carbons (Fsp3) is 0.353. The van der Waals surface area contributed by atoms with Crippen LogP contribution in [0.15, 0.2) is 32.3 Å². The molecule has 3 N–H and O–H groups in total. The Hall–Kier alpha value is -2.59. The number of aromatic nitrogens is 2. The molecular formula is C17H19BrN4O5. The second-order valence-electron chi connectivity index (χ2n) is 5.91. The zero-order chi connectivity index (χ0) is 19.6. The SMILES string of the molecule is CCn1[nH]c(=O)c(Br)c(Nc2cccc(C(=O)N3CCOCC3)c2O)c1=O. The van der Waals surface area contributed by atoms with Gasteiger partial charge in [0, 0.05) is 19.6 Å². The first kappa shape index (κ1) is 19.2. The van der Waals surface area contributed by atoms with Crippen LogP contribution in [0.4, 0.5) is 11.4 Å². The van der Waals surface area contributed by atoms with Gasteiger partial charge in [-0.05, 0) is 35.0 Å². The Morgan fingerprint density at radius 1 is 1.33 bits per heavy atom. The molecule has 1 aliphatic heterocycles. The number of nitrogens with one attached hydrogen (secondary N) is 2. The third-order valence-electron chi connectivity index (χ3n) is 4.25. The molecule has 1 fully saturated rings. The molecule has 1 aromatic heterocycles. The number of aromatic hydroxyl groups is 1. The molecule has 3 rings (SSSR count). The Morgan fingerprint density at radius 2 is 2.04 bits per heavy atom. The van der Waals surface area contributed by atoms with Crippen molar-refractivity contribution in [2.45, 2.75) is 13.5 Å². The lowest BCUT2D eigenvalue weighted by atomic mass is 10.1. The van der Waals surface area contributed by atoms with Crippen molar-refractivity contribution in [3.63, 3.8) is 0 Å². The molecule has 1 saturated heterocycles. The number of phenols is 1. The molecule has 9 nitrogen and oxygen atoms in total. The smallest absolute Gasteiger partial charge is 0.290 e. The Labute approximate surface area is 162 Å². The topological polar surface area (TPSA) is 117 Å². The molecule has 0 atom stereocenters. The Kier molecular flexibility index (Phi) is 5.66. The van der Waals surface area contributed by atoms with Crippen LogP contribution in [0.3, 0.4) is 0 Å². The molecule has 2 aromatic rings. The Morgan fingerprint density at radius 3 is 2.70 bits per heavy atom. The number of H-pyrrole nitrogens is 1. The summed E-state index contributed by atoms with van der Waals surface area (Å²) in [6, 6.07) is 4.62. The Balaban J connectivity index is 1.98. The molecule has 0 saturated carbocycles. The minimum Gasteiger partial charge on any atom is -0.505 e. The third kappa shape index (κ3) is 3.76. The van der Waals surface area contributed by atoms with Crippen molar-refractivity contribution in [2.75, 3.05) is 31.6 Å². The van der Waals surface area contributed by atoms with E-state index in [1.807, 2.05) is 0 Å². The van der Waals surface area contributed by atoms with Crippen molar-refractivity contribution < 1.29 is 14.6 Å². The number of carbonyl (C=O) groups excluding carboxylic acids is 1. The van der Waals surface area contributed by atoms with Gasteiger partial charge in [-0.25, -0.2) is 4.68 Å². The van der Waals surface area contributed by atoms with Crippen molar-refractivity contribution in [3.8, 4) is 5.75 Å². The number of ether oxygens (including phenoxy) is 1. The normalized spacial score (nSPS) is 14.2. The summed E-state index contributed by atoms with van der Waals surface area (Å²) >= 11 is 3.10. The molecule has 144 valence electrons. The number of aryl methyl sites for hydroxylation is 1. The average Bonchev–Trinajstić information content (AvgIpc) is 2.69. The maximum absolute atomic E-state index is 12.7. The van der Waals surface area contributed by atoms with Gasteiger partial charge in [-0.3, -0.25) is 19.5 Å². The second kappa shape index (κ2) is 7.97. The molecular weight excluding hydrogens is 420 g/mol. The number of aromatic amines is 1. The largest absolute Gasteiger partial charge is 0.505 e. The van der Waals surface area contributed by atoms with Crippen molar-refractivity contribution in [1.82, 2.24) is 14.7 Å². The van der Waals surface area contributed by atoms with Crippen molar-refractivity contribution in [1.29, 1.82) is 0 Å². The van der Waals surface area contributed by atoms with E-state index in [-0.39, 0.29) is 39.6 Å². The minimum absolute atomic E-state index is 0.0153. The summed E-state index contributed by atoms with van der Waals surface area (Å²) in [5.41, 5.74) is -0.710. The van der Waals surface area contributed by atoms with Gasteiger partial charge in [0.1, 0.15) is 10.2 Å². The molecule has 27 heavy (non-hydrogen) atoms. The zero-order valence-corrected chi connectivity index (χ0v) is 16.2. The highest BCUT2D eigenvalue weighted by Crippen LogP contribution is 2.31. The van der Waals surface area contributed by atoms with Crippen LogP contribution in [0.2, 0.25) is 0 Å². The number of phenolic OH excluding ortho intramolecular Hbond substituents is 1. The number of amides is 1. The van der Waals surface area contributed by atoms with E-state index in [1.54, 1.807) is 17.9 Å². The fourth-order valence-electron chi connectivity index (χ4n) is 2.78. The van der Waals surface area contributed by atoms with E-state index >= 15 is 0 Å². The van der Waals surface area contributed by atoms with Gasteiger partial charge in [0.2, 0.25) is 0 Å². The van der Waals surface area contributed by atoms with Gasteiger partial charge in [-0.1, -0.05) is 6.07 Å². The first-order valence-corrected chi connectivity index (χ1v) is 9.22. The highest BCUT2D eigenvalue weighted by atomic mass is 79.9. The summed E-state index contributed by atoms with van der Waals surface area (Å²) in [4.78, 5) is 38.7. The van der Waals surface area contributed by atoms with E-state index in [1.165, 1.54) is 12.1 Å². The van der Waals surface area contributed by atoms with Gasteiger partial charge in [0.25, 0.3) is 17.0 Å². The summed E-state index contributed by atoms with van der Waals surface area (Å²) in [5, 5.41) is 15.8. The highest BCUT2D eigenvalue weighted by molar-refractivity contribution is 9.10. The standard InChI is InChI=1S/C17H19BrN4O5/c1-2-22-17(26)13(12(18)15(24)20-22)19-11-5-3-4-10(14(11)23)16(25)21-6-8-27-9-7-21/h3-5,19,23H,2,6-9H2,1H3,(H,20,24). The number of para-hydroxylation sites is 1. The zero-order valence-electron chi connectivity index (χ0n) is 14.6. The van der Waals surface area contributed by atoms with E-state index in [0.717, 1.165) is 4.68 Å². The number of morpholine rings is 1. The van der Waals surface area contributed by atoms with Gasteiger partial charge in [-0.15, -0.1) is 0 Å². The van der Waals surface area contributed by atoms with E-state index in [9.17, 15) is 19.5 Å². The maximum Gasteiger partial charge on any atom is 0.290 e. The van der Waals surface area contributed by atoms with Gasteiger partial charge in [0.15, 0.2) is 5.75 Å². The van der Waals surface area contributed by atoms with Gasteiger partial charge < -0.3 is 20.1 Å². The molecule has 0 spiro atoms. The molecule has 0 radical (unpaired) electrons. The summed E-state index contributed by atoms with van der Waals surface area (Å²) in [7, 11) is 0. The number of benzene rings is 1. The lowest BCUT2D eigenvalue weighted by Gasteiger charge is -2.27. The first-order chi connectivity index (χ1) is 12.9. The monoisotopic (exact) mass is 438 g/mol. The van der Waals surface area contributed by atoms with Crippen LogP contribution < -0.4 is 16.4 Å². The van der Waals surface area contributed by atoms with Crippen molar-refractivity contribution in [2.24, 2.45) is 0 Å². The molecule has 0 aliphatic carbocycles. The van der Waals surface area contributed by atoms with E-state index in [2.05, 4.69) is 26.3 Å². The van der Waals surface area contributed by atoms with Gasteiger partial charge >= 0.3 is 0 Å². The number of carbonyl (C=O) groups is 1. The molecule has 2 heterocycles. The lowest BCUT2D eigenvalue weighted by molar-refractivity contribution is 0.0301. The Bertz CT molecular complexity index is 978. The van der Waals surface area contributed by atoms with Crippen LogP contribution in [0, 0.1) is 0 Å². The number of anilines is 2. The van der Waals surface area contributed by atoms with Gasteiger partial charge in [-0.2, -0.15) is 0 Å². The molecule has 0 unspecified atom stereocenters. The maximum atomic E-state index is 12.7. The predicted octanol–water partition coefficient (Wildman–Crippen LogP) is 1.24. The van der Waals surface area contributed by atoms with Crippen LogP contribution >= 0.6 is 15.9 Å². The second-order valence-corrected chi connectivity index (χ2v) is 6.70. The van der Waals surface area contributed by atoms with E-state index in [4.69, 9.17) is 4.74 Å². The first-order valence-electron chi connectivity index (χ1n) is 8.42. The van der Waals surface area contributed by atoms with E-state index in [0.29, 0.717) is 26.3 Å². The van der Waals surface area contributed by atoms with Crippen LogP contribution in [-0.4, -0.2) is 52.0 Å². The third-order valence-corrected chi connectivity index (χ3v) is 5.01. The molecule has 1 aliphatic rings. The number of hydrogen-bond acceptors (Lipinski definition) is 6. The highest BCUT2D eigenvalue weighted by Gasteiger charge is 2.23. The number of rotatable bonds is 4. The van der Waals surface area contributed by atoms with Crippen molar-refractivity contribution >= 4 is 33.2 Å². The predicted molar refractivity (Wildman–Crippen MR) is 103 cm³/mol. The van der Waals surface area contributed by atoms with Crippen molar-refractivity contribution in [3.05, 3.63) is 48.9 Å². The number of nitrogens with zero attached hydrogens (tertiary/aromatic N) is 2. The van der Waals surface area contributed by atoms with Crippen LogP contribution in [-0.2, 0) is 11.3 Å². The van der Waals surface area contributed by atoms with Gasteiger partial charge in [0.05, 0.1) is 24.5 Å². The molecule has 1 amide bonds. The fourth-order valence-corrected chi connectivity index (χ4v) is 3.14. The van der Waals surface area contributed by atoms with Crippen LogP contribution in [0.1, 0.15) is 17.3 Å². The molecule has 10 heteroatoms. The molecule has 0 bridgehead atoms. The number of hydrogen-bond donors (Lipinski definition) is 3. The van der Waals surface area contributed by atoms with Crippen LogP contribution in [0.5, 0.6) is 5.75 Å². The summed E-state index contributed by atoms with van der Waals surface area (Å²) in [5.74, 6) is -0.612. The van der Waals surface area contributed by atoms with E-state index < -0.39 is 11.1 Å². The summed E-state index contributed by atoms with van der Waals surface area (Å²) in [6.45, 7) is 3.76.